The molecule has 2 unspecified atom stereocenters. The number of rotatable bonds is 5. The van der Waals surface area contributed by atoms with E-state index < -0.39 is 0 Å². The van der Waals surface area contributed by atoms with Crippen molar-refractivity contribution in [2.45, 2.75) is 39.2 Å². The summed E-state index contributed by atoms with van der Waals surface area (Å²) < 4.78 is 0. The van der Waals surface area contributed by atoms with Crippen LogP contribution in [0.3, 0.4) is 0 Å². The molecule has 0 radical (unpaired) electrons. The molecule has 4 N–H and O–H groups in total. The normalized spacial score (nSPS) is 15.9. The second kappa shape index (κ2) is 5.13. The summed E-state index contributed by atoms with van der Waals surface area (Å²) in [5, 5.41) is 0. The molecule has 11 heavy (non-hydrogen) atoms. The van der Waals surface area contributed by atoms with Crippen LogP contribution in [0.2, 0.25) is 0 Å². The van der Waals surface area contributed by atoms with Gasteiger partial charge in [0.1, 0.15) is 0 Å². The van der Waals surface area contributed by atoms with Crippen molar-refractivity contribution in [2.24, 2.45) is 17.4 Å². The number of carbonyl (C=O) groups excluding carboxylic acids is 1. The molecule has 2 atom stereocenters. The van der Waals surface area contributed by atoms with Gasteiger partial charge in [0.2, 0.25) is 5.91 Å². The summed E-state index contributed by atoms with van der Waals surface area (Å²) in [4.78, 5) is 10.7. The van der Waals surface area contributed by atoms with Crippen molar-refractivity contribution in [1.29, 1.82) is 0 Å². The summed E-state index contributed by atoms with van der Waals surface area (Å²) in [6.45, 7) is 3.97. The van der Waals surface area contributed by atoms with Crippen molar-refractivity contribution >= 4 is 5.91 Å². The first kappa shape index (κ1) is 10.4. The summed E-state index contributed by atoms with van der Waals surface area (Å²) in [7, 11) is 0. The standard InChI is InChI=1S/C8H18N2O/c1-3-6(8(10)11)5-7(9)4-2/h6-7H,3-5,9H2,1-2H3,(H2,10,11). The fraction of sp³-hybridized carbons (Fsp3) is 0.875. The van der Waals surface area contributed by atoms with Crippen LogP contribution in [0.4, 0.5) is 0 Å². The maximum absolute atomic E-state index is 10.7. The van der Waals surface area contributed by atoms with Crippen molar-refractivity contribution in [3.63, 3.8) is 0 Å². The maximum atomic E-state index is 10.7. The first-order valence-electron chi connectivity index (χ1n) is 4.16. The molecule has 0 aliphatic rings. The average Bonchev–Trinajstić information content (AvgIpc) is 1.99. The molecule has 0 aromatic carbocycles. The van der Waals surface area contributed by atoms with Gasteiger partial charge in [0.05, 0.1) is 0 Å². The Hall–Kier alpha value is -0.570. The topological polar surface area (TPSA) is 69.1 Å². The Balaban J connectivity index is 3.77. The van der Waals surface area contributed by atoms with Gasteiger partial charge in [-0.15, -0.1) is 0 Å². The minimum absolute atomic E-state index is 0.0371. The molecule has 1 amide bonds. The lowest BCUT2D eigenvalue weighted by atomic mass is 9.96. The Morgan fingerprint density at radius 1 is 1.36 bits per heavy atom. The molecule has 0 aliphatic heterocycles. The fourth-order valence-corrected chi connectivity index (χ4v) is 1.02. The largest absolute Gasteiger partial charge is 0.369 e. The molecule has 0 rings (SSSR count). The number of amides is 1. The minimum Gasteiger partial charge on any atom is -0.369 e. The summed E-state index contributed by atoms with van der Waals surface area (Å²) in [5.74, 6) is -0.263. The second-order valence-corrected chi connectivity index (χ2v) is 2.91. The van der Waals surface area contributed by atoms with Gasteiger partial charge < -0.3 is 11.5 Å². The van der Waals surface area contributed by atoms with E-state index in [4.69, 9.17) is 11.5 Å². The Labute approximate surface area is 68.1 Å². The van der Waals surface area contributed by atoms with Crippen molar-refractivity contribution in [3.05, 3.63) is 0 Å². The Kier molecular flexibility index (Phi) is 4.86. The molecule has 3 heteroatoms. The molecule has 66 valence electrons. The van der Waals surface area contributed by atoms with Crippen LogP contribution in [0.1, 0.15) is 33.1 Å². The highest BCUT2D eigenvalue weighted by molar-refractivity contribution is 5.76. The van der Waals surface area contributed by atoms with Crippen LogP contribution in [0.5, 0.6) is 0 Å². The van der Waals surface area contributed by atoms with Gasteiger partial charge in [0.25, 0.3) is 0 Å². The summed E-state index contributed by atoms with van der Waals surface area (Å²) in [6, 6.07) is 0.118. The van der Waals surface area contributed by atoms with E-state index in [-0.39, 0.29) is 17.9 Å². The van der Waals surface area contributed by atoms with E-state index in [2.05, 4.69) is 0 Å². The van der Waals surface area contributed by atoms with Crippen LogP contribution in [-0.2, 0) is 4.79 Å². The number of hydrogen-bond acceptors (Lipinski definition) is 2. The molecule has 0 heterocycles. The smallest absolute Gasteiger partial charge is 0.220 e. The summed E-state index contributed by atoms with van der Waals surface area (Å²) in [5.41, 5.74) is 10.8. The van der Waals surface area contributed by atoms with E-state index in [0.29, 0.717) is 0 Å². The number of primary amides is 1. The monoisotopic (exact) mass is 158 g/mol. The van der Waals surface area contributed by atoms with Gasteiger partial charge >= 0.3 is 0 Å². The van der Waals surface area contributed by atoms with Gasteiger partial charge in [-0.05, 0) is 19.3 Å². The molecular formula is C8H18N2O. The highest BCUT2D eigenvalue weighted by Crippen LogP contribution is 2.10. The van der Waals surface area contributed by atoms with Crippen LogP contribution in [0.25, 0.3) is 0 Å². The molecule has 0 aliphatic carbocycles. The van der Waals surface area contributed by atoms with Crippen molar-refractivity contribution in [1.82, 2.24) is 0 Å². The lowest BCUT2D eigenvalue weighted by Crippen LogP contribution is -2.30. The molecule has 3 nitrogen and oxygen atoms in total. The van der Waals surface area contributed by atoms with Crippen LogP contribution >= 0.6 is 0 Å². The van der Waals surface area contributed by atoms with Gasteiger partial charge in [-0.2, -0.15) is 0 Å². The molecular weight excluding hydrogens is 140 g/mol. The molecule has 0 saturated carbocycles. The van der Waals surface area contributed by atoms with Gasteiger partial charge in [0, 0.05) is 12.0 Å². The van der Waals surface area contributed by atoms with Crippen molar-refractivity contribution < 1.29 is 4.79 Å². The maximum Gasteiger partial charge on any atom is 0.220 e. The second-order valence-electron chi connectivity index (χ2n) is 2.91. The molecule has 0 bridgehead atoms. The van der Waals surface area contributed by atoms with Gasteiger partial charge in [-0.25, -0.2) is 0 Å². The average molecular weight is 158 g/mol. The summed E-state index contributed by atoms with van der Waals surface area (Å²) in [6.07, 6.45) is 2.43. The third kappa shape index (κ3) is 3.98. The zero-order valence-corrected chi connectivity index (χ0v) is 7.34. The molecule has 0 spiro atoms. The number of carbonyl (C=O) groups is 1. The highest BCUT2D eigenvalue weighted by Gasteiger charge is 2.15. The predicted molar refractivity (Wildman–Crippen MR) is 45.9 cm³/mol. The summed E-state index contributed by atoms with van der Waals surface area (Å²) >= 11 is 0. The third-order valence-electron chi connectivity index (χ3n) is 2.01. The lowest BCUT2D eigenvalue weighted by Gasteiger charge is -2.14. The molecule has 0 saturated heterocycles. The number of hydrogen-bond donors (Lipinski definition) is 2. The highest BCUT2D eigenvalue weighted by atomic mass is 16.1. The van der Waals surface area contributed by atoms with E-state index >= 15 is 0 Å². The SMILES string of the molecule is CCC(N)CC(CC)C(N)=O. The van der Waals surface area contributed by atoms with E-state index in [1.807, 2.05) is 13.8 Å². The molecule has 0 fully saturated rings. The third-order valence-corrected chi connectivity index (χ3v) is 2.01. The van der Waals surface area contributed by atoms with Crippen LogP contribution in [-0.4, -0.2) is 11.9 Å². The lowest BCUT2D eigenvalue weighted by molar-refractivity contribution is -0.122. The first-order valence-corrected chi connectivity index (χ1v) is 4.16. The van der Waals surface area contributed by atoms with Gasteiger partial charge in [-0.1, -0.05) is 13.8 Å². The number of nitrogens with two attached hydrogens (primary N) is 2. The van der Waals surface area contributed by atoms with Crippen LogP contribution in [0, 0.1) is 5.92 Å². The molecule has 0 aromatic heterocycles. The van der Waals surface area contributed by atoms with E-state index in [1.54, 1.807) is 0 Å². The Bertz CT molecular complexity index is 125. The quantitative estimate of drug-likeness (QED) is 0.616. The minimum atomic E-state index is -0.226. The van der Waals surface area contributed by atoms with Crippen molar-refractivity contribution in [2.75, 3.05) is 0 Å². The van der Waals surface area contributed by atoms with Crippen molar-refractivity contribution in [3.8, 4) is 0 Å². The zero-order valence-electron chi connectivity index (χ0n) is 7.34. The van der Waals surface area contributed by atoms with E-state index in [0.717, 1.165) is 19.3 Å². The van der Waals surface area contributed by atoms with Gasteiger partial charge in [0.15, 0.2) is 0 Å². The Morgan fingerprint density at radius 2 is 1.91 bits per heavy atom. The Morgan fingerprint density at radius 3 is 2.18 bits per heavy atom. The van der Waals surface area contributed by atoms with Gasteiger partial charge in [-0.3, -0.25) is 4.79 Å². The van der Waals surface area contributed by atoms with Crippen LogP contribution < -0.4 is 11.5 Å². The van der Waals surface area contributed by atoms with E-state index in [9.17, 15) is 4.79 Å². The molecule has 0 aromatic rings. The van der Waals surface area contributed by atoms with E-state index in [1.165, 1.54) is 0 Å². The predicted octanol–water partition coefficient (Wildman–Crippen LogP) is 0.625. The first-order chi connectivity index (χ1) is 5.11. The van der Waals surface area contributed by atoms with Crippen LogP contribution in [0.15, 0.2) is 0 Å². The zero-order chi connectivity index (χ0) is 8.85. The fourth-order valence-electron chi connectivity index (χ4n) is 1.02.